The van der Waals surface area contributed by atoms with Crippen LogP contribution in [0.15, 0.2) is 53.4 Å². The SMILES string of the molecule is COCCN(CC(C)C)S(=O)(=O)c1ccc(-c2ccc(CCN3CCCC3C)cc2)cc1. The van der Waals surface area contributed by atoms with E-state index in [-0.39, 0.29) is 5.92 Å². The van der Waals surface area contributed by atoms with E-state index in [4.69, 9.17) is 4.74 Å². The van der Waals surface area contributed by atoms with E-state index in [1.165, 1.54) is 29.3 Å². The van der Waals surface area contributed by atoms with Gasteiger partial charge in [0.15, 0.2) is 0 Å². The molecule has 1 saturated heterocycles. The van der Waals surface area contributed by atoms with E-state index in [1.807, 2.05) is 26.0 Å². The van der Waals surface area contributed by atoms with E-state index in [9.17, 15) is 8.42 Å². The van der Waals surface area contributed by atoms with Crippen molar-refractivity contribution in [2.45, 2.75) is 51.0 Å². The van der Waals surface area contributed by atoms with Crippen LogP contribution in [-0.2, 0) is 21.2 Å². The molecule has 3 rings (SSSR count). The minimum absolute atomic E-state index is 0.244. The average molecular weight is 459 g/mol. The van der Waals surface area contributed by atoms with Crippen molar-refractivity contribution in [1.82, 2.24) is 9.21 Å². The molecular weight excluding hydrogens is 420 g/mol. The molecule has 0 radical (unpaired) electrons. The topological polar surface area (TPSA) is 49.9 Å². The summed E-state index contributed by atoms with van der Waals surface area (Å²) in [5.74, 6) is 0.244. The highest BCUT2D eigenvalue weighted by Gasteiger charge is 2.25. The number of benzene rings is 2. The minimum atomic E-state index is -3.55. The maximum Gasteiger partial charge on any atom is 0.243 e. The lowest BCUT2D eigenvalue weighted by atomic mass is 10.0. The highest BCUT2D eigenvalue weighted by Crippen LogP contribution is 2.24. The summed E-state index contributed by atoms with van der Waals surface area (Å²) in [6, 6.07) is 16.6. The third-order valence-electron chi connectivity index (χ3n) is 6.27. The summed E-state index contributed by atoms with van der Waals surface area (Å²) < 4.78 is 32.9. The molecule has 2 aromatic carbocycles. The van der Waals surface area contributed by atoms with Crippen LogP contribution in [0.5, 0.6) is 0 Å². The smallest absolute Gasteiger partial charge is 0.243 e. The van der Waals surface area contributed by atoms with Crippen molar-refractivity contribution >= 4 is 10.0 Å². The second-order valence-electron chi connectivity index (χ2n) is 9.25. The van der Waals surface area contributed by atoms with Crippen molar-refractivity contribution in [2.24, 2.45) is 5.92 Å². The van der Waals surface area contributed by atoms with Crippen molar-refractivity contribution in [3.8, 4) is 11.1 Å². The molecule has 0 spiro atoms. The molecule has 1 heterocycles. The molecule has 1 aliphatic heterocycles. The summed E-state index contributed by atoms with van der Waals surface area (Å²) >= 11 is 0. The van der Waals surface area contributed by atoms with Crippen LogP contribution in [0.25, 0.3) is 11.1 Å². The lowest BCUT2D eigenvalue weighted by Crippen LogP contribution is -2.36. The Hall–Kier alpha value is -1.73. The molecule has 5 nitrogen and oxygen atoms in total. The first-order valence-corrected chi connectivity index (χ1v) is 13.2. The van der Waals surface area contributed by atoms with Crippen molar-refractivity contribution in [3.05, 3.63) is 54.1 Å². The van der Waals surface area contributed by atoms with Crippen molar-refractivity contribution in [3.63, 3.8) is 0 Å². The second-order valence-corrected chi connectivity index (χ2v) is 11.2. The van der Waals surface area contributed by atoms with E-state index < -0.39 is 10.0 Å². The zero-order valence-corrected chi connectivity index (χ0v) is 20.8. The Morgan fingerprint density at radius 1 is 1.06 bits per heavy atom. The van der Waals surface area contributed by atoms with Gasteiger partial charge in [0, 0.05) is 32.8 Å². The number of methoxy groups -OCH3 is 1. The lowest BCUT2D eigenvalue weighted by Gasteiger charge is -2.23. The van der Waals surface area contributed by atoms with E-state index in [0.717, 1.165) is 24.1 Å². The largest absolute Gasteiger partial charge is 0.383 e. The first-order valence-electron chi connectivity index (χ1n) is 11.7. The molecule has 32 heavy (non-hydrogen) atoms. The van der Waals surface area contributed by atoms with Gasteiger partial charge in [-0.05, 0) is 67.5 Å². The van der Waals surface area contributed by atoms with Crippen molar-refractivity contribution < 1.29 is 13.2 Å². The van der Waals surface area contributed by atoms with Gasteiger partial charge in [0.25, 0.3) is 0 Å². The molecule has 0 bridgehead atoms. The van der Waals surface area contributed by atoms with Gasteiger partial charge in [-0.25, -0.2) is 8.42 Å². The summed E-state index contributed by atoms with van der Waals surface area (Å²) in [6.45, 7) is 9.91. The summed E-state index contributed by atoms with van der Waals surface area (Å²) in [5, 5.41) is 0. The molecule has 6 heteroatoms. The fourth-order valence-electron chi connectivity index (χ4n) is 4.34. The zero-order chi connectivity index (χ0) is 23.1. The van der Waals surface area contributed by atoms with Gasteiger partial charge in [-0.2, -0.15) is 4.31 Å². The number of hydrogen-bond acceptors (Lipinski definition) is 4. The Kier molecular flexibility index (Phi) is 8.88. The first kappa shape index (κ1) is 24.9. The second kappa shape index (κ2) is 11.4. The molecule has 1 unspecified atom stereocenters. The zero-order valence-electron chi connectivity index (χ0n) is 20.0. The molecule has 0 amide bonds. The van der Waals surface area contributed by atoms with Crippen molar-refractivity contribution in [1.29, 1.82) is 0 Å². The Bertz CT molecular complexity index is 940. The van der Waals surface area contributed by atoms with Gasteiger partial charge in [-0.1, -0.05) is 50.2 Å². The highest BCUT2D eigenvalue weighted by molar-refractivity contribution is 7.89. The third kappa shape index (κ3) is 6.41. The van der Waals surface area contributed by atoms with Gasteiger partial charge in [-0.15, -0.1) is 0 Å². The number of sulfonamides is 1. The molecule has 0 aliphatic carbocycles. The van der Waals surface area contributed by atoms with Crippen LogP contribution in [0.3, 0.4) is 0 Å². The van der Waals surface area contributed by atoms with Crippen LogP contribution in [0.4, 0.5) is 0 Å². The fraction of sp³-hybridized carbons (Fsp3) is 0.538. The van der Waals surface area contributed by atoms with Gasteiger partial charge in [0.2, 0.25) is 10.0 Å². The van der Waals surface area contributed by atoms with Crippen LogP contribution in [-0.4, -0.2) is 63.6 Å². The summed E-state index contributed by atoms with van der Waals surface area (Å²) in [7, 11) is -1.96. The van der Waals surface area contributed by atoms with E-state index in [0.29, 0.717) is 30.6 Å². The summed E-state index contributed by atoms with van der Waals surface area (Å²) in [6.07, 6.45) is 3.69. The fourth-order valence-corrected chi connectivity index (χ4v) is 5.93. The van der Waals surface area contributed by atoms with Crippen LogP contribution in [0, 0.1) is 5.92 Å². The van der Waals surface area contributed by atoms with Crippen molar-refractivity contribution in [2.75, 3.05) is 39.9 Å². The maximum absolute atomic E-state index is 13.1. The first-order chi connectivity index (χ1) is 15.3. The Morgan fingerprint density at radius 3 is 2.22 bits per heavy atom. The Balaban J connectivity index is 1.67. The third-order valence-corrected chi connectivity index (χ3v) is 8.15. The highest BCUT2D eigenvalue weighted by atomic mass is 32.2. The summed E-state index contributed by atoms with van der Waals surface area (Å²) in [4.78, 5) is 2.90. The molecule has 0 saturated carbocycles. The standard InChI is InChI=1S/C26H38N2O3S/c1-21(2)20-28(18-19-31-4)32(29,30)26-13-11-25(12-14-26)24-9-7-23(8-10-24)15-17-27-16-5-6-22(27)3/h7-14,21-22H,5-6,15-20H2,1-4H3. The van der Waals surface area contributed by atoms with E-state index >= 15 is 0 Å². The Morgan fingerprint density at radius 2 is 1.69 bits per heavy atom. The molecular formula is C26H38N2O3S. The molecule has 0 N–H and O–H groups in total. The number of rotatable bonds is 11. The quantitative estimate of drug-likeness (QED) is 0.491. The average Bonchev–Trinajstić information content (AvgIpc) is 3.20. The molecule has 1 aliphatic rings. The minimum Gasteiger partial charge on any atom is -0.383 e. The van der Waals surface area contributed by atoms with Crippen LogP contribution < -0.4 is 0 Å². The predicted octanol–water partition coefficient (Wildman–Crippen LogP) is 4.67. The van der Waals surface area contributed by atoms with Gasteiger partial charge >= 0.3 is 0 Å². The number of hydrogen-bond donors (Lipinski definition) is 0. The maximum atomic E-state index is 13.1. The van der Waals surface area contributed by atoms with Gasteiger partial charge in [0.1, 0.15) is 0 Å². The van der Waals surface area contributed by atoms with Gasteiger partial charge in [0.05, 0.1) is 11.5 Å². The molecule has 0 aromatic heterocycles. The monoisotopic (exact) mass is 458 g/mol. The van der Waals surface area contributed by atoms with Gasteiger partial charge in [-0.3, -0.25) is 0 Å². The summed E-state index contributed by atoms with van der Waals surface area (Å²) in [5.41, 5.74) is 3.47. The predicted molar refractivity (Wildman–Crippen MR) is 131 cm³/mol. The number of ether oxygens (including phenoxy) is 1. The molecule has 2 aromatic rings. The molecule has 176 valence electrons. The number of likely N-dealkylation sites (tertiary alicyclic amines) is 1. The van der Waals surface area contributed by atoms with E-state index in [1.54, 1.807) is 19.2 Å². The lowest BCUT2D eigenvalue weighted by molar-refractivity contribution is 0.175. The van der Waals surface area contributed by atoms with Gasteiger partial charge < -0.3 is 9.64 Å². The molecule has 1 atom stereocenters. The van der Waals surface area contributed by atoms with Crippen LogP contribution in [0.2, 0.25) is 0 Å². The van der Waals surface area contributed by atoms with Crippen LogP contribution in [0.1, 0.15) is 39.2 Å². The normalized spacial score (nSPS) is 17.5. The van der Waals surface area contributed by atoms with Crippen LogP contribution >= 0.6 is 0 Å². The Labute approximate surface area is 194 Å². The van der Waals surface area contributed by atoms with E-state index in [2.05, 4.69) is 36.1 Å². The molecule has 1 fully saturated rings. The number of nitrogens with zero attached hydrogens (tertiary/aromatic N) is 2.